The van der Waals surface area contributed by atoms with Crippen LogP contribution in [0.15, 0.2) is 55.1 Å². The van der Waals surface area contributed by atoms with Crippen LogP contribution in [0.3, 0.4) is 0 Å². The highest BCUT2D eigenvalue weighted by Crippen LogP contribution is 2.37. The van der Waals surface area contributed by atoms with E-state index in [1.54, 1.807) is 6.07 Å². The number of rotatable bonds is 3. The van der Waals surface area contributed by atoms with Crippen LogP contribution >= 0.6 is 0 Å². The van der Waals surface area contributed by atoms with Crippen molar-refractivity contribution in [3.05, 3.63) is 66.2 Å². The van der Waals surface area contributed by atoms with E-state index in [-0.39, 0.29) is 5.91 Å². The van der Waals surface area contributed by atoms with Crippen molar-refractivity contribution in [2.45, 2.75) is 12.6 Å². The summed E-state index contributed by atoms with van der Waals surface area (Å²) in [6.45, 7) is 4.09. The zero-order chi connectivity index (χ0) is 17.3. The van der Waals surface area contributed by atoms with Crippen LogP contribution in [-0.2, 0) is 17.4 Å². The first-order valence-electron chi connectivity index (χ1n) is 7.39. The third-order valence-electron chi connectivity index (χ3n) is 3.93. The first kappa shape index (κ1) is 16.1. The van der Waals surface area contributed by atoms with Gasteiger partial charge >= 0.3 is 6.18 Å². The maximum atomic E-state index is 12.7. The third kappa shape index (κ3) is 3.13. The first-order chi connectivity index (χ1) is 11.4. The number of fused-ring (bicyclic) bond motifs is 1. The topological polar surface area (TPSA) is 32.3 Å². The van der Waals surface area contributed by atoms with Crippen LogP contribution in [0.25, 0.3) is 0 Å². The number of amides is 1. The standard InChI is InChI=1S/C18H15F3N2O/c1-2-17(24)22-14-5-8-16-12(11-14)9-10-23(16)15-6-3-13(4-7-15)18(19,20)21/h2-8,11H,1,9-10H2,(H,22,24). The molecule has 0 saturated carbocycles. The van der Waals surface area contributed by atoms with Crippen LogP contribution in [0.5, 0.6) is 0 Å². The van der Waals surface area contributed by atoms with E-state index in [1.807, 2.05) is 17.0 Å². The number of hydrogen-bond acceptors (Lipinski definition) is 2. The van der Waals surface area contributed by atoms with Crippen LogP contribution in [0.1, 0.15) is 11.1 Å². The van der Waals surface area contributed by atoms with Crippen LogP contribution in [0, 0.1) is 0 Å². The molecule has 3 rings (SSSR count). The van der Waals surface area contributed by atoms with Gasteiger partial charge in [-0.2, -0.15) is 13.2 Å². The van der Waals surface area contributed by atoms with Gasteiger partial charge in [0.25, 0.3) is 0 Å². The Hall–Kier alpha value is -2.76. The number of halogens is 3. The molecule has 0 unspecified atom stereocenters. The van der Waals surface area contributed by atoms with Crippen LogP contribution < -0.4 is 10.2 Å². The fourth-order valence-electron chi connectivity index (χ4n) is 2.77. The summed E-state index contributed by atoms with van der Waals surface area (Å²) in [7, 11) is 0. The summed E-state index contributed by atoms with van der Waals surface area (Å²) >= 11 is 0. The molecule has 0 bridgehead atoms. The minimum Gasteiger partial charge on any atom is -0.341 e. The summed E-state index contributed by atoms with van der Waals surface area (Å²) in [5.74, 6) is -0.285. The molecule has 1 amide bonds. The molecule has 0 aliphatic carbocycles. The maximum absolute atomic E-state index is 12.7. The Morgan fingerprint density at radius 3 is 2.50 bits per heavy atom. The van der Waals surface area contributed by atoms with Gasteiger partial charge < -0.3 is 10.2 Å². The van der Waals surface area contributed by atoms with Crippen LogP contribution in [0.4, 0.5) is 30.2 Å². The van der Waals surface area contributed by atoms with E-state index in [4.69, 9.17) is 0 Å². The average Bonchev–Trinajstić information content (AvgIpc) is 2.97. The molecule has 2 aromatic carbocycles. The Balaban J connectivity index is 1.84. The van der Waals surface area contributed by atoms with E-state index in [1.165, 1.54) is 18.2 Å². The fraction of sp³-hybridized carbons (Fsp3) is 0.167. The van der Waals surface area contributed by atoms with E-state index in [9.17, 15) is 18.0 Å². The average molecular weight is 332 g/mol. The monoisotopic (exact) mass is 332 g/mol. The van der Waals surface area contributed by atoms with Gasteiger partial charge in [-0.15, -0.1) is 0 Å². The molecule has 1 heterocycles. The zero-order valence-electron chi connectivity index (χ0n) is 12.7. The number of hydrogen-bond donors (Lipinski definition) is 1. The Kier molecular flexibility index (Phi) is 4.05. The normalized spacial score (nSPS) is 13.5. The van der Waals surface area contributed by atoms with Crippen LogP contribution in [-0.4, -0.2) is 12.5 Å². The second-order valence-electron chi connectivity index (χ2n) is 5.48. The molecular weight excluding hydrogens is 317 g/mol. The van der Waals surface area contributed by atoms with Gasteiger partial charge in [0, 0.05) is 23.6 Å². The molecule has 0 fully saturated rings. The highest BCUT2D eigenvalue weighted by Gasteiger charge is 2.30. The Labute approximate surface area is 137 Å². The van der Waals surface area contributed by atoms with Gasteiger partial charge in [-0.3, -0.25) is 4.79 Å². The summed E-state index contributed by atoms with van der Waals surface area (Å²) in [6.07, 6.45) is -2.38. The predicted octanol–water partition coefficient (Wildman–Crippen LogP) is 4.52. The van der Waals surface area contributed by atoms with E-state index in [0.717, 1.165) is 29.8 Å². The van der Waals surface area contributed by atoms with Gasteiger partial charge in [0.15, 0.2) is 0 Å². The lowest BCUT2D eigenvalue weighted by Crippen LogP contribution is -2.14. The second-order valence-corrected chi connectivity index (χ2v) is 5.48. The van der Waals surface area contributed by atoms with E-state index >= 15 is 0 Å². The molecule has 24 heavy (non-hydrogen) atoms. The maximum Gasteiger partial charge on any atom is 0.416 e. The summed E-state index contributed by atoms with van der Waals surface area (Å²) in [6, 6.07) is 10.6. The van der Waals surface area contributed by atoms with E-state index < -0.39 is 11.7 Å². The molecule has 124 valence electrons. The van der Waals surface area contributed by atoms with Crippen LogP contribution in [0.2, 0.25) is 0 Å². The molecule has 0 atom stereocenters. The molecule has 1 aliphatic rings. The molecule has 0 aromatic heterocycles. The lowest BCUT2D eigenvalue weighted by Gasteiger charge is -2.20. The van der Waals surface area contributed by atoms with Gasteiger partial charge in [-0.1, -0.05) is 6.58 Å². The second kappa shape index (κ2) is 6.03. The van der Waals surface area contributed by atoms with Crippen molar-refractivity contribution >= 4 is 23.0 Å². The Morgan fingerprint density at radius 1 is 1.17 bits per heavy atom. The highest BCUT2D eigenvalue weighted by atomic mass is 19.4. The lowest BCUT2D eigenvalue weighted by molar-refractivity contribution is -0.137. The van der Waals surface area contributed by atoms with Gasteiger partial charge in [0.05, 0.1) is 5.56 Å². The first-order valence-corrected chi connectivity index (χ1v) is 7.39. The Morgan fingerprint density at radius 2 is 1.88 bits per heavy atom. The van der Waals surface area contributed by atoms with Crippen molar-refractivity contribution in [1.82, 2.24) is 0 Å². The minimum atomic E-state index is -4.33. The summed E-state index contributed by atoms with van der Waals surface area (Å²) in [5.41, 5.74) is 2.70. The van der Waals surface area contributed by atoms with Crippen molar-refractivity contribution in [2.75, 3.05) is 16.8 Å². The van der Waals surface area contributed by atoms with Crippen molar-refractivity contribution in [3.63, 3.8) is 0 Å². The quantitative estimate of drug-likeness (QED) is 0.838. The molecule has 2 aromatic rings. The van der Waals surface area contributed by atoms with Gasteiger partial charge in [0.1, 0.15) is 0 Å². The number of carbonyl (C=O) groups is 1. The summed E-state index contributed by atoms with van der Waals surface area (Å²) in [5, 5.41) is 2.70. The molecule has 0 spiro atoms. The molecule has 1 aliphatic heterocycles. The van der Waals surface area contributed by atoms with Crippen molar-refractivity contribution in [1.29, 1.82) is 0 Å². The number of carbonyl (C=O) groups excluding carboxylic acids is 1. The van der Waals surface area contributed by atoms with Crippen molar-refractivity contribution in [2.24, 2.45) is 0 Å². The number of alkyl halides is 3. The summed E-state index contributed by atoms with van der Waals surface area (Å²) < 4.78 is 38.0. The Bertz CT molecular complexity index is 782. The predicted molar refractivity (Wildman–Crippen MR) is 87.4 cm³/mol. The van der Waals surface area contributed by atoms with Crippen molar-refractivity contribution < 1.29 is 18.0 Å². The molecule has 1 N–H and O–H groups in total. The molecule has 6 heteroatoms. The van der Waals surface area contributed by atoms with Crippen molar-refractivity contribution in [3.8, 4) is 0 Å². The minimum absolute atomic E-state index is 0.285. The third-order valence-corrected chi connectivity index (χ3v) is 3.93. The largest absolute Gasteiger partial charge is 0.416 e. The van der Waals surface area contributed by atoms with E-state index in [0.29, 0.717) is 17.9 Å². The number of anilines is 3. The molecule has 0 radical (unpaired) electrons. The zero-order valence-corrected chi connectivity index (χ0v) is 12.7. The number of nitrogens with zero attached hydrogens (tertiary/aromatic N) is 1. The molecule has 3 nitrogen and oxygen atoms in total. The number of nitrogens with one attached hydrogen (secondary N) is 1. The van der Waals surface area contributed by atoms with Gasteiger partial charge in [-0.05, 0) is 60.5 Å². The van der Waals surface area contributed by atoms with Gasteiger partial charge in [-0.25, -0.2) is 0 Å². The molecule has 0 saturated heterocycles. The van der Waals surface area contributed by atoms with Gasteiger partial charge in [0.2, 0.25) is 5.91 Å². The summed E-state index contributed by atoms with van der Waals surface area (Å²) in [4.78, 5) is 13.3. The number of benzene rings is 2. The molecular formula is C18H15F3N2O. The smallest absolute Gasteiger partial charge is 0.341 e. The van der Waals surface area contributed by atoms with E-state index in [2.05, 4.69) is 11.9 Å². The SMILES string of the molecule is C=CC(=O)Nc1ccc2c(c1)CCN2c1ccc(C(F)(F)F)cc1. The highest BCUT2D eigenvalue weighted by molar-refractivity contribution is 5.99. The fourth-order valence-corrected chi connectivity index (χ4v) is 2.77. The lowest BCUT2D eigenvalue weighted by atomic mass is 10.1.